The van der Waals surface area contributed by atoms with Crippen molar-refractivity contribution in [2.75, 3.05) is 19.0 Å². The van der Waals surface area contributed by atoms with Crippen molar-refractivity contribution in [2.45, 2.75) is 52.2 Å². The Morgan fingerprint density at radius 2 is 2.25 bits per heavy atom. The topological polar surface area (TPSA) is 63.2 Å². The molecule has 0 aromatic carbocycles. The molecule has 2 unspecified atom stereocenters. The highest BCUT2D eigenvalue weighted by atomic mass is 32.1. The lowest BCUT2D eigenvalue weighted by molar-refractivity contribution is -0.116. The molecule has 20 heavy (non-hydrogen) atoms. The number of amides is 1. The lowest BCUT2D eigenvalue weighted by Crippen LogP contribution is -2.19. The number of hydrogen-bond acceptors (Lipinski definition) is 5. The first-order valence-electron chi connectivity index (χ1n) is 7.08. The van der Waals surface area contributed by atoms with Crippen LogP contribution in [0.5, 0.6) is 0 Å². The summed E-state index contributed by atoms with van der Waals surface area (Å²) in [6.45, 7) is 7.13. The van der Waals surface area contributed by atoms with E-state index in [-0.39, 0.29) is 18.1 Å². The number of methoxy groups -OCH3 is 1. The molecule has 0 saturated heterocycles. The van der Waals surface area contributed by atoms with Gasteiger partial charge >= 0.3 is 0 Å². The second kappa shape index (κ2) is 9.05. The van der Waals surface area contributed by atoms with Crippen molar-refractivity contribution in [1.29, 1.82) is 0 Å². The van der Waals surface area contributed by atoms with Gasteiger partial charge in [0.15, 0.2) is 5.13 Å². The highest BCUT2D eigenvalue weighted by Crippen LogP contribution is 2.20. The zero-order valence-corrected chi connectivity index (χ0v) is 13.5. The number of aromatic nitrogens is 1. The monoisotopic (exact) mass is 299 g/mol. The van der Waals surface area contributed by atoms with Crippen molar-refractivity contribution >= 4 is 22.4 Å². The van der Waals surface area contributed by atoms with Gasteiger partial charge in [0.1, 0.15) is 0 Å². The van der Waals surface area contributed by atoms with Gasteiger partial charge in [-0.3, -0.25) is 4.79 Å². The van der Waals surface area contributed by atoms with Crippen LogP contribution in [0.1, 0.15) is 51.8 Å². The highest BCUT2D eigenvalue weighted by molar-refractivity contribution is 7.13. The molecule has 2 N–H and O–H groups in total. The van der Waals surface area contributed by atoms with Gasteiger partial charge in [-0.2, -0.15) is 0 Å². The molecule has 6 heteroatoms. The summed E-state index contributed by atoms with van der Waals surface area (Å²) in [6.07, 6.45) is 2.36. The minimum absolute atomic E-state index is 0.0102. The minimum Gasteiger partial charge on any atom is -0.382 e. The lowest BCUT2D eigenvalue weighted by atomic mass is 10.2. The number of anilines is 1. The number of nitrogens with one attached hydrogen (secondary N) is 2. The zero-order chi connectivity index (χ0) is 15.0. The van der Waals surface area contributed by atoms with Gasteiger partial charge in [-0.25, -0.2) is 4.98 Å². The van der Waals surface area contributed by atoms with E-state index in [2.05, 4.69) is 29.5 Å². The molecule has 0 aliphatic heterocycles. The summed E-state index contributed by atoms with van der Waals surface area (Å²) in [4.78, 5) is 16.2. The van der Waals surface area contributed by atoms with Crippen LogP contribution in [0, 0.1) is 0 Å². The molecule has 5 nitrogen and oxygen atoms in total. The second-order valence-electron chi connectivity index (χ2n) is 4.89. The first-order chi connectivity index (χ1) is 9.56. The smallest absolute Gasteiger partial charge is 0.226 e. The van der Waals surface area contributed by atoms with E-state index in [9.17, 15) is 4.79 Å². The summed E-state index contributed by atoms with van der Waals surface area (Å²) in [5.41, 5.74) is 0.976. The minimum atomic E-state index is -0.0102. The third-order valence-corrected chi connectivity index (χ3v) is 3.87. The molecule has 1 amide bonds. The fraction of sp³-hybridized carbons (Fsp3) is 0.714. The molecular formula is C14H25N3O2S. The SMILES string of the molecule is CCCNC(C)c1csc(NC(=O)CCC(C)OC)n1. The van der Waals surface area contributed by atoms with Gasteiger partial charge in [0, 0.05) is 25.0 Å². The third-order valence-electron chi connectivity index (χ3n) is 3.09. The van der Waals surface area contributed by atoms with Crippen molar-refractivity contribution < 1.29 is 9.53 Å². The van der Waals surface area contributed by atoms with Crippen LogP contribution in [0.4, 0.5) is 5.13 Å². The fourth-order valence-corrected chi connectivity index (χ4v) is 2.46. The van der Waals surface area contributed by atoms with E-state index in [0.717, 1.165) is 25.1 Å². The molecule has 0 aliphatic carbocycles. The van der Waals surface area contributed by atoms with Crippen LogP contribution >= 0.6 is 11.3 Å². The molecule has 1 heterocycles. The van der Waals surface area contributed by atoms with Crippen LogP contribution < -0.4 is 10.6 Å². The number of carbonyl (C=O) groups is 1. The van der Waals surface area contributed by atoms with E-state index in [4.69, 9.17) is 4.74 Å². The molecule has 0 spiro atoms. The van der Waals surface area contributed by atoms with Crippen LogP contribution in [0.3, 0.4) is 0 Å². The highest BCUT2D eigenvalue weighted by Gasteiger charge is 2.12. The predicted molar refractivity (Wildman–Crippen MR) is 83.2 cm³/mol. The molecule has 0 fully saturated rings. The number of carbonyl (C=O) groups excluding carboxylic acids is 1. The Bertz CT molecular complexity index is 409. The van der Waals surface area contributed by atoms with E-state index in [1.165, 1.54) is 11.3 Å². The van der Waals surface area contributed by atoms with Gasteiger partial charge in [-0.1, -0.05) is 6.92 Å². The summed E-state index contributed by atoms with van der Waals surface area (Å²) in [7, 11) is 1.65. The first kappa shape index (κ1) is 17.1. The average Bonchev–Trinajstić information content (AvgIpc) is 2.90. The number of nitrogens with zero attached hydrogens (tertiary/aromatic N) is 1. The Kier molecular flexibility index (Phi) is 7.72. The van der Waals surface area contributed by atoms with E-state index in [0.29, 0.717) is 11.6 Å². The van der Waals surface area contributed by atoms with E-state index in [1.807, 2.05) is 12.3 Å². The van der Waals surface area contributed by atoms with Gasteiger partial charge in [0.25, 0.3) is 0 Å². The number of thiazole rings is 1. The Morgan fingerprint density at radius 1 is 1.50 bits per heavy atom. The maximum Gasteiger partial charge on any atom is 0.226 e. The lowest BCUT2D eigenvalue weighted by Gasteiger charge is -2.10. The van der Waals surface area contributed by atoms with E-state index >= 15 is 0 Å². The molecular weight excluding hydrogens is 274 g/mol. The van der Waals surface area contributed by atoms with Gasteiger partial charge in [-0.15, -0.1) is 11.3 Å². The molecule has 1 aromatic heterocycles. The molecule has 114 valence electrons. The van der Waals surface area contributed by atoms with Crippen LogP contribution in [-0.4, -0.2) is 30.6 Å². The van der Waals surface area contributed by atoms with Crippen molar-refractivity contribution in [3.63, 3.8) is 0 Å². The second-order valence-corrected chi connectivity index (χ2v) is 5.74. The zero-order valence-electron chi connectivity index (χ0n) is 12.7. The fourth-order valence-electron chi connectivity index (χ4n) is 1.64. The standard InChI is InChI=1S/C14H25N3O2S/c1-5-8-15-11(3)12-9-20-14(16-12)17-13(18)7-6-10(2)19-4/h9-11,15H,5-8H2,1-4H3,(H,16,17,18). The summed E-state index contributed by atoms with van der Waals surface area (Å²) in [5, 5.41) is 8.87. The normalized spacial score (nSPS) is 14.0. The maximum atomic E-state index is 11.8. The number of hydrogen-bond donors (Lipinski definition) is 2. The summed E-state index contributed by atoms with van der Waals surface area (Å²) < 4.78 is 5.12. The molecule has 0 saturated carbocycles. The first-order valence-corrected chi connectivity index (χ1v) is 7.96. The van der Waals surface area contributed by atoms with Gasteiger partial charge in [0.2, 0.25) is 5.91 Å². The van der Waals surface area contributed by atoms with Crippen LogP contribution in [0.2, 0.25) is 0 Å². The molecule has 0 radical (unpaired) electrons. The Hall–Kier alpha value is -0.980. The Morgan fingerprint density at radius 3 is 2.90 bits per heavy atom. The maximum absolute atomic E-state index is 11.8. The Labute approximate surface area is 125 Å². The summed E-state index contributed by atoms with van der Waals surface area (Å²) in [6, 6.07) is 0.213. The van der Waals surface area contributed by atoms with Crippen molar-refractivity contribution in [1.82, 2.24) is 10.3 Å². The molecule has 0 bridgehead atoms. The van der Waals surface area contributed by atoms with Gasteiger partial charge in [-0.05, 0) is 33.2 Å². The van der Waals surface area contributed by atoms with Crippen LogP contribution in [-0.2, 0) is 9.53 Å². The predicted octanol–water partition coefficient (Wildman–Crippen LogP) is 2.96. The van der Waals surface area contributed by atoms with Crippen LogP contribution in [0.15, 0.2) is 5.38 Å². The third kappa shape index (κ3) is 5.98. The largest absolute Gasteiger partial charge is 0.382 e. The van der Waals surface area contributed by atoms with Crippen molar-refractivity contribution in [3.8, 4) is 0 Å². The molecule has 1 rings (SSSR count). The molecule has 0 aliphatic rings. The van der Waals surface area contributed by atoms with E-state index in [1.54, 1.807) is 7.11 Å². The van der Waals surface area contributed by atoms with Crippen molar-refractivity contribution in [3.05, 3.63) is 11.1 Å². The number of rotatable bonds is 9. The Balaban J connectivity index is 2.41. The van der Waals surface area contributed by atoms with E-state index < -0.39 is 0 Å². The summed E-state index contributed by atoms with van der Waals surface area (Å²) in [5.74, 6) is -0.0102. The van der Waals surface area contributed by atoms with Crippen molar-refractivity contribution in [2.24, 2.45) is 0 Å². The molecule has 1 aromatic rings. The summed E-state index contributed by atoms with van der Waals surface area (Å²) >= 11 is 1.47. The van der Waals surface area contributed by atoms with Crippen LogP contribution in [0.25, 0.3) is 0 Å². The number of ether oxygens (including phenoxy) is 1. The molecule has 2 atom stereocenters. The van der Waals surface area contributed by atoms with Gasteiger partial charge < -0.3 is 15.4 Å². The quantitative estimate of drug-likeness (QED) is 0.736. The average molecular weight is 299 g/mol. The van der Waals surface area contributed by atoms with Gasteiger partial charge in [0.05, 0.1) is 11.8 Å².